The smallest absolute Gasteiger partial charge is 0.228 e. The lowest BCUT2D eigenvalue weighted by Crippen LogP contribution is -2.34. The van der Waals surface area contributed by atoms with Crippen molar-refractivity contribution in [3.63, 3.8) is 0 Å². The first-order chi connectivity index (χ1) is 16.1. The maximum Gasteiger partial charge on any atom is 0.228 e. The summed E-state index contributed by atoms with van der Waals surface area (Å²) in [5, 5.41) is 4.92. The third kappa shape index (κ3) is 6.11. The molecule has 33 heavy (non-hydrogen) atoms. The van der Waals surface area contributed by atoms with Gasteiger partial charge < -0.3 is 4.74 Å². The van der Waals surface area contributed by atoms with Gasteiger partial charge in [0.25, 0.3) is 0 Å². The van der Waals surface area contributed by atoms with E-state index in [1.54, 1.807) is 35.0 Å². The molecule has 0 aliphatic heterocycles. The van der Waals surface area contributed by atoms with Gasteiger partial charge in [0.15, 0.2) is 5.13 Å². The Labute approximate surface area is 200 Å². The molecule has 0 spiro atoms. The lowest BCUT2D eigenvalue weighted by atomic mass is 10.3. The number of hydrogen-bond donors (Lipinski definition) is 0. The van der Waals surface area contributed by atoms with Crippen LogP contribution in [0.25, 0.3) is 10.2 Å². The molecule has 2 aromatic carbocycles. The molecule has 1 amide bonds. The number of para-hydroxylation sites is 1. The van der Waals surface area contributed by atoms with Crippen molar-refractivity contribution in [1.82, 2.24) is 14.8 Å². The molecule has 4 rings (SSSR count). The van der Waals surface area contributed by atoms with Gasteiger partial charge in [0, 0.05) is 30.3 Å². The van der Waals surface area contributed by atoms with Crippen molar-refractivity contribution in [2.75, 3.05) is 23.8 Å². The molecule has 0 aliphatic rings. The molecule has 2 heterocycles. The van der Waals surface area contributed by atoms with E-state index in [2.05, 4.69) is 5.10 Å². The van der Waals surface area contributed by atoms with Crippen molar-refractivity contribution >= 4 is 44.4 Å². The van der Waals surface area contributed by atoms with Gasteiger partial charge in [-0.2, -0.15) is 5.10 Å². The quantitative estimate of drug-likeness (QED) is 0.204. The van der Waals surface area contributed by atoms with Crippen molar-refractivity contribution in [2.24, 2.45) is 0 Å². The summed E-state index contributed by atoms with van der Waals surface area (Å²) in [4.78, 5) is 20.7. The van der Waals surface area contributed by atoms with E-state index in [0.29, 0.717) is 37.7 Å². The van der Waals surface area contributed by atoms with E-state index < -0.39 is 0 Å². The third-order valence-electron chi connectivity index (χ3n) is 4.93. The molecule has 2 aromatic heterocycles. The van der Waals surface area contributed by atoms with E-state index >= 15 is 0 Å². The summed E-state index contributed by atoms with van der Waals surface area (Å²) in [6.45, 7) is 3.56. The minimum Gasteiger partial charge on any atom is -0.492 e. The van der Waals surface area contributed by atoms with Crippen LogP contribution in [0.3, 0.4) is 0 Å². The topological polar surface area (TPSA) is 60.2 Å². The van der Waals surface area contributed by atoms with Crippen LogP contribution in [-0.2, 0) is 11.3 Å². The number of anilines is 1. The molecule has 0 atom stereocenters. The van der Waals surface area contributed by atoms with Crippen LogP contribution in [0, 0.1) is 5.82 Å². The summed E-state index contributed by atoms with van der Waals surface area (Å²) >= 11 is 3.11. The zero-order valence-electron chi connectivity index (χ0n) is 18.3. The Bertz CT molecular complexity index is 1180. The number of halogens is 1. The maximum absolute atomic E-state index is 13.2. The number of benzene rings is 2. The molecule has 6 nitrogen and oxygen atoms in total. The van der Waals surface area contributed by atoms with Gasteiger partial charge in [-0.1, -0.05) is 17.4 Å². The van der Waals surface area contributed by atoms with E-state index in [1.165, 1.54) is 23.5 Å². The third-order valence-corrected chi connectivity index (χ3v) is 7.07. The molecule has 0 fully saturated rings. The lowest BCUT2D eigenvalue weighted by molar-refractivity contribution is -0.118. The average Bonchev–Trinajstić information content (AvgIpc) is 3.49. The van der Waals surface area contributed by atoms with Gasteiger partial charge in [0.2, 0.25) is 5.91 Å². The second kappa shape index (κ2) is 11.3. The lowest BCUT2D eigenvalue weighted by Gasteiger charge is -2.20. The predicted octanol–water partition coefficient (Wildman–Crippen LogP) is 5.64. The van der Waals surface area contributed by atoms with Crippen LogP contribution < -0.4 is 9.64 Å². The zero-order chi connectivity index (χ0) is 23.0. The fourth-order valence-electron chi connectivity index (χ4n) is 3.34. The highest BCUT2D eigenvalue weighted by Crippen LogP contribution is 2.34. The summed E-state index contributed by atoms with van der Waals surface area (Å²) in [6.07, 6.45) is 4.73. The molecule has 9 heteroatoms. The molecule has 0 aliphatic carbocycles. The van der Waals surface area contributed by atoms with Crippen LogP contribution >= 0.6 is 23.1 Å². The van der Waals surface area contributed by atoms with E-state index in [1.807, 2.05) is 42.1 Å². The number of fused-ring (bicyclic) bond motifs is 1. The van der Waals surface area contributed by atoms with Gasteiger partial charge in [-0.3, -0.25) is 14.4 Å². The molecule has 0 saturated heterocycles. The number of thiazole rings is 1. The van der Waals surface area contributed by atoms with E-state index in [0.717, 1.165) is 26.6 Å². The Hall–Kier alpha value is -2.91. The first-order valence-electron chi connectivity index (χ1n) is 10.8. The number of carbonyl (C=O) groups excluding carboxylic acids is 1. The number of carbonyl (C=O) groups is 1. The normalized spacial score (nSPS) is 11.1. The van der Waals surface area contributed by atoms with Crippen LogP contribution in [0.15, 0.2) is 65.8 Å². The fraction of sp³-hybridized carbons (Fsp3) is 0.292. The van der Waals surface area contributed by atoms with Gasteiger partial charge in [0.05, 0.1) is 17.9 Å². The molecule has 0 bridgehead atoms. The van der Waals surface area contributed by atoms with Gasteiger partial charge in [-0.25, -0.2) is 9.37 Å². The molecule has 172 valence electrons. The molecular weight excluding hydrogens is 459 g/mol. The Morgan fingerprint density at radius 1 is 1.21 bits per heavy atom. The number of amides is 1. The monoisotopic (exact) mass is 484 g/mol. The number of aromatic nitrogens is 3. The molecule has 0 saturated carbocycles. The van der Waals surface area contributed by atoms with Gasteiger partial charge in [-0.15, -0.1) is 11.8 Å². The minimum absolute atomic E-state index is 0.0267. The summed E-state index contributed by atoms with van der Waals surface area (Å²) in [7, 11) is 0. The molecule has 4 aromatic rings. The molecule has 0 radical (unpaired) electrons. The minimum atomic E-state index is -0.245. The summed E-state index contributed by atoms with van der Waals surface area (Å²) < 4.78 is 21.6. The Morgan fingerprint density at radius 2 is 2.06 bits per heavy atom. The van der Waals surface area contributed by atoms with E-state index in [4.69, 9.17) is 9.72 Å². The van der Waals surface area contributed by atoms with Crippen LogP contribution in [0.2, 0.25) is 0 Å². The van der Waals surface area contributed by atoms with Gasteiger partial charge >= 0.3 is 0 Å². The maximum atomic E-state index is 13.2. The average molecular weight is 485 g/mol. The van der Waals surface area contributed by atoms with Crippen molar-refractivity contribution in [2.45, 2.75) is 31.2 Å². The number of rotatable bonds is 11. The summed E-state index contributed by atoms with van der Waals surface area (Å²) in [5.74, 6) is 1.29. The van der Waals surface area contributed by atoms with Crippen LogP contribution in [0.1, 0.15) is 19.8 Å². The second-order valence-electron chi connectivity index (χ2n) is 7.25. The van der Waals surface area contributed by atoms with Gasteiger partial charge in [-0.05, 0) is 61.6 Å². The molecular formula is C24H25FN4O2S2. The highest BCUT2D eigenvalue weighted by Gasteiger charge is 2.21. The molecule has 0 N–H and O–H groups in total. The predicted molar refractivity (Wildman–Crippen MR) is 132 cm³/mol. The van der Waals surface area contributed by atoms with Gasteiger partial charge in [0.1, 0.15) is 17.1 Å². The summed E-state index contributed by atoms with van der Waals surface area (Å²) in [5.41, 5.74) is 0.781. The first kappa shape index (κ1) is 23.3. The second-order valence-corrected chi connectivity index (χ2v) is 9.43. The Kier molecular flexibility index (Phi) is 7.96. The summed E-state index contributed by atoms with van der Waals surface area (Å²) in [6, 6.07) is 14.1. The highest BCUT2D eigenvalue weighted by molar-refractivity contribution is 7.99. The number of ether oxygens (including phenoxy) is 1. The largest absolute Gasteiger partial charge is 0.492 e. The van der Waals surface area contributed by atoms with E-state index in [9.17, 15) is 9.18 Å². The van der Waals surface area contributed by atoms with Crippen molar-refractivity contribution in [1.29, 1.82) is 0 Å². The highest BCUT2D eigenvalue weighted by atomic mass is 32.2. The number of nitrogens with zero attached hydrogens (tertiary/aromatic N) is 4. The van der Waals surface area contributed by atoms with Crippen LogP contribution in [0.4, 0.5) is 9.52 Å². The van der Waals surface area contributed by atoms with Crippen molar-refractivity contribution < 1.29 is 13.9 Å². The SMILES string of the molecule is CCOc1cccc2sc(N(CCn3cccn3)C(=O)CCCSc3ccc(F)cc3)nc12. The number of thioether (sulfide) groups is 1. The molecule has 0 unspecified atom stereocenters. The van der Waals surface area contributed by atoms with Crippen molar-refractivity contribution in [3.05, 3.63) is 66.7 Å². The van der Waals surface area contributed by atoms with Crippen LogP contribution in [-0.4, -0.2) is 39.6 Å². The number of hydrogen-bond acceptors (Lipinski definition) is 6. The van der Waals surface area contributed by atoms with E-state index in [-0.39, 0.29) is 11.7 Å². The Morgan fingerprint density at radius 3 is 2.82 bits per heavy atom. The first-order valence-corrected chi connectivity index (χ1v) is 12.6. The van der Waals surface area contributed by atoms with Crippen molar-refractivity contribution in [3.8, 4) is 5.75 Å². The fourth-order valence-corrected chi connectivity index (χ4v) is 5.22. The van der Waals surface area contributed by atoms with Crippen LogP contribution in [0.5, 0.6) is 5.75 Å². The standard InChI is InChI=1S/C24H25FN4O2S2/c1-2-31-20-6-3-7-21-23(20)27-24(33-21)29(16-15-28-14-5-13-26-28)22(30)8-4-17-32-19-11-9-18(25)10-12-19/h3,5-7,9-14H,2,4,8,15-17H2,1H3. The zero-order valence-corrected chi connectivity index (χ0v) is 19.9. The Balaban J connectivity index is 1.45.